The van der Waals surface area contributed by atoms with Crippen LogP contribution in [0.25, 0.3) is 17.1 Å². The van der Waals surface area contributed by atoms with Crippen LogP contribution in [0.4, 0.5) is 0 Å². The maximum atomic E-state index is 12.0. The standard InChI is InChI=1S/C13H11N3O4/c1-15-8(6-13(18)19)5-12(17)16-11(15)7-9(14-16)10-3-2-4-20-10/h2-5,7H,6H2,1H3,(H,18,19). The van der Waals surface area contributed by atoms with Crippen LogP contribution in [-0.2, 0) is 18.3 Å². The van der Waals surface area contributed by atoms with Crippen molar-refractivity contribution in [2.24, 2.45) is 7.05 Å². The monoisotopic (exact) mass is 273 g/mol. The van der Waals surface area contributed by atoms with E-state index in [1.165, 1.54) is 16.8 Å². The summed E-state index contributed by atoms with van der Waals surface area (Å²) in [7, 11) is 1.70. The van der Waals surface area contributed by atoms with Crippen molar-refractivity contribution in [2.75, 3.05) is 0 Å². The van der Waals surface area contributed by atoms with E-state index in [4.69, 9.17) is 9.52 Å². The van der Waals surface area contributed by atoms with Crippen LogP contribution >= 0.6 is 0 Å². The number of carbonyl (C=O) groups is 1. The molecule has 0 spiro atoms. The van der Waals surface area contributed by atoms with Gasteiger partial charge in [-0.2, -0.15) is 9.61 Å². The van der Waals surface area contributed by atoms with E-state index < -0.39 is 5.97 Å². The predicted molar refractivity (Wildman–Crippen MR) is 69.5 cm³/mol. The summed E-state index contributed by atoms with van der Waals surface area (Å²) in [6.07, 6.45) is 1.30. The fourth-order valence-corrected chi connectivity index (χ4v) is 2.09. The molecule has 0 saturated heterocycles. The Hall–Kier alpha value is -2.83. The van der Waals surface area contributed by atoms with E-state index in [1.54, 1.807) is 29.8 Å². The van der Waals surface area contributed by atoms with Crippen LogP contribution in [0, 0.1) is 0 Å². The summed E-state index contributed by atoms with van der Waals surface area (Å²) in [5.74, 6) is -0.442. The lowest BCUT2D eigenvalue weighted by atomic mass is 10.3. The minimum Gasteiger partial charge on any atom is -0.481 e. The number of aromatic nitrogens is 3. The predicted octanol–water partition coefficient (Wildman–Crippen LogP) is 0.920. The Morgan fingerprint density at radius 1 is 1.45 bits per heavy atom. The second-order valence-electron chi connectivity index (χ2n) is 4.38. The Morgan fingerprint density at radius 2 is 2.25 bits per heavy atom. The first kappa shape index (κ1) is 12.2. The van der Waals surface area contributed by atoms with Gasteiger partial charge in [-0.1, -0.05) is 0 Å². The van der Waals surface area contributed by atoms with Crippen molar-refractivity contribution in [3.05, 3.63) is 46.6 Å². The molecule has 0 atom stereocenters. The number of hydrogen-bond donors (Lipinski definition) is 1. The summed E-state index contributed by atoms with van der Waals surface area (Å²) in [5.41, 5.74) is 1.09. The lowest BCUT2D eigenvalue weighted by Crippen LogP contribution is -2.21. The number of carboxylic acid groups (broad SMARTS) is 1. The van der Waals surface area contributed by atoms with Crippen molar-refractivity contribution in [1.29, 1.82) is 0 Å². The molecule has 1 N–H and O–H groups in total. The van der Waals surface area contributed by atoms with Crippen molar-refractivity contribution >= 4 is 11.6 Å². The van der Waals surface area contributed by atoms with E-state index in [2.05, 4.69) is 5.10 Å². The Kier molecular flexibility index (Phi) is 2.67. The highest BCUT2D eigenvalue weighted by Gasteiger charge is 2.14. The average Bonchev–Trinajstić information content (AvgIpc) is 3.03. The normalized spacial score (nSPS) is 11.1. The fourth-order valence-electron chi connectivity index (χ4n) is 2.09. The van der Waals surface area contributed by atoms with Gasteiger partial charge in [0.05, 0.1) is 12.7 Å². The molecule has 0 bridgehead atoms. The second-order valence-corrected chi connectivity index (χ2v) is 4.38. The number of carboxylic acids is 1. The van der Waals surface area contributed by atoms with Crippen LogP contribution < -0.4 is 5.56 Å². The SMILES string of the molecule is Cn1c(CC(=O)O)cc(=O)n2nc(-c3ccco3)cc12. The molecule has 3 aromatic heterocycles. The smallest absolute Gasteiger partial charge is 0.309 e. The van der Waals surface area contributed by atoms with Gasteiger partial charge in [-0.05, 0) is 12.1 Å². The van der Waals surface area contributed by atoms with E-state index in [0.717, 1.165) is 0 Å². The van der Waals surface area contributed by atoms with Crippen molar-refractivity contribution < 1.29 is 14.3 Å². The molecule has 7 nitrogen and oxygen atoms in total. The molecule has 3 rings (SSSR count). The average molecular weight is 273 g/mol. The van der Waals surface area contributed by atoms with Crippen LogP contribution in [-0.4, -0.2) is 25.3 Å². The molecule has 0 saturated carbocycles. The third-order valence-corrected chi connectivity index (χ3v) is 3.07. The summed E-state index contributed by atoms with van der Waals surface area (Å²) in [5, 5.41) is 13.0. The van der Waals surface area contributed by atoms with Crippen LogP contribution in [0.5, 0.6) is 0 Å². The van der Waals surface area contributed by atoms with Gasteiger partial charge in [0.15, 0.2) is 5.76 Å². The van der Waals surface area contributed by atoms with E-state index in [9.17, 15) is 9.59 Å². The lowest BCUT2D eigenvalue weighted by molar-refractivity contribution is -0.136. The summed E-state index contributed by atoms with van der Waals surface area (Å²) < 4.78 is 8.10. The topological polar surface area (TPSA) is 89.7 Å². The summed E-state index contributed by atoms with van der Waals surface area (Å²) in [4.78, 5) is 22.8. The van der Waals surface area contributed by atoms with Gasteiger partial charge < -0.3 is 14.1 Å². The van der Waals surface area contributed by atoms with Gasteiger partial charge in [0.1, 0.15) is 11.3 Å². The highest BCUT2D eigenvalue weighted by Crippen LogP contribution is 2.19. The molecule has 0 amide bonds. The molecular weight excluding hydrogens is 262 g/mol. The largest absolute Gasteiger partial charge is 0.481 e. The van der Waals surface area contributed by atoms with Gasteiger partial charge in [0.2, 0.25) is 0 Å². The van der Waals surface area contributed by atoms with Gasteiger partial charge in [-0.3, -0.25) is 9.59 Å². The minimum absolute atomic E-state index is 0.219. The Bertz CT molecular complexity index is 842. The fraction of sp³-hybridized carbons (Fsp3) is 0.154. The maximum Gasteiger partial charge on any atom is 0.309 e. The lowest BCUT2D eigenvalue weighted by Gasteiger charge is -2.07. The van der Waals surface area contributed by atoms with E-state index in [1.807, 2.05) is 0 Å². The maximum absolute atomic E-state index is 12.0. The van der Waals surface area contributed by atoms with E-state index >= 15 is 0 Å². The van der Waals surface area contributed by atoms with Crippen LogP contribution in [0.2, 0.25) is 0 Å². The quantitative estimate of drug-likeness (QED) is 0.766. The molecule has 0 aliphatic rings. The van der Waals surface area contributed by atoms with E-state index in [-0.39, 0.29) is 12.0 Å². The molecule has 7 heteroatoms. The highest BCUT2D eigenvalue weighted by molar-refractivity contribution is 5.70. The number of furan rings is 1. The van der Waals surface area contributed by atoms with Crippen LogP contribution in [0.15, 0.2) is 39.7 Å². The van der Waals surface area contributed by atoms with Crippen molar-refractivity contribution in [2.45, 2.75) is 6.42 Å². The molecule has 0 fully saturated rings. The molecular formula is C13H11N3O4. The van der Waals surface area contributed by atoms with Gasteiger partial charge in [-0.15, -0.1) is 0 Å². The molecule has 0 aromatic carbocycles. The first-order valence-corrected chi connectivity index (χ1v) is 5.90. The van der Waals surface area contributed by atoms with E-state index in [0.29, 0.717) is 22.8 Å². The summed E-state index contributed by atoms with van der Waals surface area (Å²) >= 11 is 0. The Labute approximate surface area is 112 Å². The second kappa shape index (κ2) is 4.37. The van der Waals surface area contributed by atoms with Crippen LogP contribution in [0.1, 0.15) is 5.69 Å². The minimum atomic E-state index is -0.991. The Balaban J connectivity index is 2.23. The van der Waals surface area contributed by atoms with Gasteiger partial charge >= 0.3 is 5.97 Å². The summed E-state index contributed by atoms with van der Waals surface area (Å²) in [6.45, 7) is 0. The zero-order valence-corrected chi connectivity index (χ0v) is 10.6. The van der Waals surface area contributed by atoms with Gasteiger partial charge in [0, 0.05) is 24.9 Å². The number of fused-ring (bicyclic) bond motifs is 1. The first-order valence-electron chi connectivity index (χ1n) is 5.90. The van der Waals surface area contributed by atoms with Crippen molar-refractivity contribution in [3.8, 4) is 11.5 Å². The van der Waals surface area contributed by atoms with Gasteiger partial charge in [-0.25, -0.2) is 0 Å². The zero-order valence-electron chi connectivity index (χ0n) is 10.6. The zero-order chi connectivity index (χ0) is 14.3. The summed E-state index contributed by atoms with van der Waals surface area (Å²) in [6, 6.07) is 6.43. The Morgan fingerprint density at radius 3 is 2.90 bits per heavy atom. The number of rotatable bonds is 3. The van der Waals surface area contributed by atoms with Gasteiger partial charge in [0.25, 0.3) is 5.56 Å². The molecule has 0 unspecified atom stereocenters. The molecule has 3 aromatic rings. The molecule has 20 heavy (non-hydrogen) atoms. The third-order valence-electron chi connectivity index (χ3n) is 3.07. The molecule has 3 heterocycles. The third kappa shape index (κ3) is 1.89. The number of hydrogen-bond acceptors (Lipinski definition) is 4. The van der Waals surface area contributed by atoms with Crippen molar-refractivity contribution in [1.82, 2.24) is 14.2 Å². The number of nitrogens with zero attached hydrogens (tertiary/aromatic N) is 3. The number of aryl methyl sites for hydroxylation is 1. The molecule has 0 aliphatic carbocycles. The molecule has 0 aliphatic heterocycles. The highest BCUT2D eigenvalue weighted by atomic mass is 16.4. The first-order chi connectivity index (χ1) is 9.56. The molecule has 0 radical (unpaired) electrons. The number of aliphatic carboxylic acids is 1. The molecule has 102 valence electrons. The van der Waals surface area contributed by atoms with Crippen LogP contribution in [0.3, 0.4) is 0 Å². The van der Waals surface area contributed by atoms with Crippen molar-refractivity contribution in [3.63, 3.8) is 0 Å².